The maximum absolute atomic E-state index is 12.3. The molecule has 2 aliphatic rings. The summed E-state index contributed by atoms with van der Waals surface area (Å²) in [5.41, 5.74) is 0.952. The molecule has 0 fully saturated rings. The predicted molar refractivity (Wildman–Crippen MR) is 120 cm³/mol. The largest absolute Gasteiger partial charge is 0.490 e. The van der Waals surface area contributed by atoms with E-state index in [0.717, 1.165) is 10.6 Å². The van der Waals surface area contributed by atoms with Crippen molar-refractivity contribution in [1.82, 2.24) is 5.01 Å². The topological polar surface area (TPSA) is 87.3 Å². The zero-order valence-electron chi connectivity index (χ0n) is 16.0. The number of benzene rings is 2. The average molecular weight is 441 g/mol. The minimum absolute atomic E-state index is 0.0198. The summed E-state index contributed by atoms with van der Waals surface area (Å²) in [5.74, 6) is 0.861. The van der Waals surface area contributed by atoms with Gasteiger partial charge in [0, 0.05) is 0 Å². The van der Waals surface area contributed by atoms with E-state index in [1.54, 1.807) is 30.3 Å². The molecule has 0 aromatic heterocycles. The van der Waals surface area contributed by atoms with E-state index < -0.39 is 5.91 Å². The van der Waals surface area contributed by atoms with Crippen LogP contribution in [0.25, 0.3) is 6.08 Å². The molecule has 0 aliphatic carbocycles. The number of nitrogens with one attached hydrogen (secondary N) is 1. The van der Waals surface area contributed by atoms with Crippen LogP contribution in [0.1, 0.15) is 12.5 Å². The Hall–Kier alpha value is -3.10. The van der Waals surface area contributed by atoms with Crippen LogP contribution < -0.4 is 9.47 Å². The number of ether oxygens (including phenoxy) is 2. The second-order valence-corrected chi connectivity index (χ2v) is 7.90. The molecule has 0 unspecified atom stereocenters. The Morgan fingerprint density at radius 3 is 2.63 bits per heavy atom. The van der Waals surface area contributed by atoms with E-state index in [2.05, 4.69) is 10.1 Å². The van der Waals surface area contributed by atoms with Gasteiger partial charge in [0.2, 0.25) is 5.17 Å². The van der Waals surface area contributed by atoms with Crippen molar-refractivity contribution >= 4 is 51.4 Å². The molecule has 1 N–H and O–H groups in total. The van der Waals surface area contributed by atoms with Crippen molar-refractivity contribution in [2.75, 3.05) is 13.2 Å². The van der Waals surface area contributed by atoms with Crippen molar-refractivity contribution in [3.63, 3.8) is 0 Å². The number of amides is 1. The quantitative estimate of drug-likeness (QED) is 0.530. The van der Waals surface area contributed by atoms with Crippen LogP contribution in [0, 0.1) is 5.41 Å². The van der Waals surface area contributed by atoms with Gasteiger partial charge in [-0.15, -0.1) is 0 Å². The number of carbonyl (C=O) groups is 1. The first-order valence-electron chi connectivity index (χ1n) is 9.08. The third kappa shape index (κ3) is 4.39. The summed E-state index contributed by atoms with van der Waals surface area (Å²) < 4.78 is 11.3. The number of hydrazone groups is 1. The molecule has 0 radical (unpaired) electrons. The molecule has 0 spiro atoms. The van der Waals surface area contributed by atoms with Gasteiger partial charge in [-0.3, -0.25) is 10.2 Å². The first-order chi connectivity index (χ1) is 14.5. The van der Waals surface area contributed by atoms with E-state index in [1.807, 2.05) is 31.2 Å². The Bertz CT molecular complexity index is 1100. The van der Waals surface area contributed by atoms with Crippen LogP contribution in [0.4, 0.5) is 0 Å². The van der Waals surface area contributed by atoms with Gasteiger partial charge in [0.15, 0.2) is 5.84 Å². The molecular formula is C21H17ClN4O3S. The minimum Gasteiger partial charge on any atom is -0.490 e. The summed E-state index contributed by atoms with van der Waals surface area (Å²) in [7, 11) is 0. The van der Waals surface area contributed by atoms with Crippen LogP contribution in [0.15, 0.2) is 64.2 Å². The second-order valence-electron chi connectivity index (χ2n) is 6.34. The Kier molecular flexibility index (Phi) is 5.87. The highest BCUT2D eigenvalue weighted by atomic mass is 35.5. The van der Waals surface area contributed by atoms with Crippen LogP contribution in [0.3, 0.4) is 0 Å². The number of nitrogens with zero attached hydrogens (tertiary/aromatic N) is 3. The summed E-state index contributed by atoms with van der Waals surface area (Å²) in [5, 5.41) is 15.6. The Morgan fingerprint density at radius 2 is 1.87 bits per heavy atom. The highest BCUT2D eigenvalue weighted by Crippen LogP contribution is 2.28. The lowest BCUT2D eigenvalue weighted by Gasteiger charge is -2.20. The molecule has 30 heavy (non-hydrogen) atoms. The molecule has 152 valence electrons. The molecule has 2 aromatic rings. The van der Waals surface area contributed by atoms with E-state index in [4.69, 9.17) is 26.5 Å². The number of amidine groups is 2. The first kappa shape index (κ1) is 20.2. The molecule has 1 amide bonds. The monoisotopic (exact) mass is 440 g/mol. The Morgan fingerprint density at radius 1 is 1.13 bits per heavy atom. The number of fused-ring (bicyclic) bond motifs is 1. The standard InChI is InChI=1S/C21H17ClN4O3S/c1-13-25-26-19(23)16(20(27)24-21(26)30-13)12-14-6-8-15(9-7-14)28-10-11-29-18-5-3-2-4-17(18)22/h2-9,12,23H,10-11H2,1H3. The summed E-state index contributed by atoms with van der Waals surface area (Å²) >= 11 is 7.32. The number of carbonyl (C=O) groups excluding carboxylic acids is 1. The van der Waals surface area contributed by atoms with E-state index in [1.165, 1.54) is 16.8 Å². The predicted octanol–water partition coefficient (Wildman–Crippen LogP) is 4.44. The van der Waals surface area contributed by atoms with Crippen LogP contribution in [-0.2, 0) is 4.79 Å². The molecule has 0 atom stereocenters. The summed E-state index contributed by atoms with van der Waals surface area (Å²) in [6.07, 6.45) is 1.63. The maximum atomic E-state index is 12.3. The molecule has 0 saturated heterocycles. The van der Waals surface area contributed by atoms with E-state index in [0.29, 0.717) is 34.9 Å². The van der Waals surface area contributed by atoms with Crippen LogP contribution in [0.5, 0.6) is 11.5 Å². The lowest BCUT2D eigenvalue weighted by Crippen LogP contribution is -2.35. The van der Waals surface area contributed by atoms with Gasteiger partial charge >= 0.3 is 0 Å². The molecule has 0 saturated carbocycles. The fourth-order valence-electron chi connectivity index (χ4n) is 2.79. The normalized spacial score (nSPS) is 17.0. The van der Waals surface area contributed by atoms with Gasteiger partial charge in [-0.25, -0.2) is 0 Å². The van der Waals surface area contributed by atoms with Gasteiger partial charge in [-0.2, -0.15) is 15.1 Å². The fraction of sp³-hybridized carbons (Fsp3) is 0.143. The van der Waals surface area contributed by atoms with E-state index in [9.17, 15) is 4.79 Å². The molecule has 2 aliphatic heterocycles. The molecule has 2 aromatic carbocycles. The number of thioether (sulfide) groups is 1. The van der Waals surface area contributed by atoms with Gasteiger partial charge in [-0.05, 0) is 54.6 Å². The maximum Gasteiger partial charge on any atom is 0.283 e. The van der Waals surface area contributed by atoms with Crippen molar-refractivity contribution in [3.05, 3.63) is 64.7 Å². The number of halogens is 1. The number of hydrogen-bond acceptors (Lipinski definition) is 6. The minimum atomic E-state index is -0.444. The van der Waals surface area contributed by atoms with Gasteiger partial charge in [0.05, 0.1) is 15.6 Å². The van der Waals surface area contributed by atoms with Crippen molar-refractivity contribution in [2.24, 2.45) is 10.1 Å². The fourth-order valence-corrected chi connectivity index (χ4v) is 3.71. The number of hydrogen-bond donors (Lipinski definition) is 1. The van der Waals surface area contributed by atoms with Crippen LogP contribution in [0.2, 0.25) is 5.02 Å². The average Bonchev–Trinajstić information content (AvgIpc) is 3.11. The van der Waals surface area contributed by atoms with Gasteiger partial charge in [0.1, 0.15) is 24.7 Å². The summed E-state index contributed by atoms with van der Waals surface area (Å²) in [6.45, 7) is 2.52. The Labute approximate surface area is 182 Å². The van der Waals surface area contributed by atoms with Gasteiger partial charge in [-0.1, -0.05) is 35.9 Å². The molecule has 0 bridgehead atoms. The number of para-hydroxylation sites is 1. The van der Waals surface area contributed by atoms with E-state index >= 15 is 0 Å². The first-order valence-corrected chi connectivity index (χ1v) is 10.3. The molecule has 4 rings (SSSR count). The molecule has 2 heterocycles. The third-order valence-electron chi connectivity index (χ3n) is 4.19. The van der Waals surface area contributed by atoms with Crippen molar-refractivity contribution in [3.8, 4) is 11.5 Å². The highest BCUT2D eigenvalue weighted by molar-refractivity contribution is 8.26. The lowest BCUT2D eigenvalue weighted by molar-refractivity contribution is -0.114. The van der Waals surface area contributed by atoms with Gasteiger partial charge in [0.25, 0.3) is 5.91 Å². The summed E-state index contributed by atoms with van der Waals surface area (Å²) in [6, 6.07) is 14.5. The summed E-state index contributed by atoms with van der Waals surface area (Å²) in [4.78, 5) is 16.3. The number of aliphatic imine (C=N–C) groups is 1. The zero-order chi connectivity index (χ0) is 21.1. The van der Waals surface area contributed by atoms with Crippen molar-refractivity contribution in [2.45, 2.75) is 6.92 Å². The molecule has 7 nitrogen and oxygen atoms in total. The third-order valence-corrected chi connectivity index (χ3v) is 5.33. The smallest absolute Gasteiger partial charge is 0.283 e. The molecule has 9 heteroatoms. The lowest BCUT2D eigenvalue weighted by atomic mass is 10.1. The van der Waals surface area contributed by atoms with Crippen molar-refractivity contribution < 1.29 is 14.3 Å². The SMILES string of the molecule is CC1=NN2C(=N)C(=Cc3ccc(OCCOc4ccccc4Cl)cc3)C(=O)N=C2S1. The van der Waals surface area contributed by atoms with Gasteiger partial charge < -0.3 is 9.47 Å². The van der Waals surface area contributed by atoms with Crippen LogP contribution >= 0.6 is 23.4 Å². The Balaban J connectivity index is 1.36. The van der Waals surface area contributed by atoms with Crippen molar-refractivity contribution in [1.29, 1.82) is 5.41 Å². The number of rotatable bonds is 6. The molecular weight excluding hydrogens is 424 g/mol. The highest BCUT2D eigenvalue weighted by Gasteiger charge is 2.34. The zero-order valence-corrected chi connectivity index (χ0v) is 17.5. The van der Waals surface area contributed by atoms with Crippen LogP contribution in [-0.4, -0.2) is 40.2 Å². The van der Waals surface area contributed by atoms with E-state index in [-0.39, 0.29) is 11.4 Å². The second kappa shape index (κ2) is 8.73.